The highest BCUT2D eigenvalue weighted by Crippen LogP contribution is 2.28. The smallest absolute Gasteiger partial charge is 0.159 e. The van der Waals surface area contributed by atoms with Crippen LogP contribution in [0.5, 0.6) is 0 Å². The van der Waals surface area contributed by atoms with E-state index < -0.39 is 17.7 Å². The Bertz CT molecular complexity index is 602. The molecule has 2 aromatic rings. The Hall–Kier alpha value is -1.16. The van der Waals surface area contributed by atoms with Gasteiger partial charge >= 0.3 is 0 Å². The van der Waals surface area contributed by atoms with E-state index in [2.05, 4.69) is 0 Å². The molecule has 0 aromatic heterocycles. The standard InChI is InChI=1S/C14H11Cl2F2N/c15-10-3-1-2-9(14(10)16)7-13(19)8-4-5-11(17)12(18)6-8/h1-6,13H,7,19H2. The molecule has 0 amide bonds. The maximum atomic E-state index is 13.1. The summed E-state index contributed by atoms with van der Waals surface area (Å²) >= 11 is 12.0. The third-order valence-corrected chi connectivity index (χ3v) is 3.70. The van der Waals surface area contributed by atoms with Gasteiger partial charge in [-0.1, -0.05) is 41.4 Å². The first kappa shape index (κ1) is 14.3. The minimum atomic E-state index is -0.912. The van der Waals surface area contributed by atoms with Crippen molar-refractivity contribution in [3.05, 3.63) is 69.2 Å². The predicted octanol–water partition coefficient (Wildman–Crippen LogP) is 4.51. The second-order valence-corrected chi connectivity index (χ2v) is 4.98. The third-order valence-electron chi connectivity index (χ3n) is 2.84. The summed E-state index contributed by atoms with van der Waals surface area (Å²) in [5.74, 6) is -1.80. The lowest BCUT2D eigenvalue weighted by molar-refractivity contribution is 0.505. The third kappa shape index (κ3) is 3.24. The Labute approximate surface area is 119 Å². The molecule has 0 radical (unpaired) electrons. The molecule has 0 fully saturated rings. The van der Waals surface area contributed by atoms with Crippen LogP contribution in [0.25, 0.3) is 0 Å². The molecule has 100 valence electrons. The van der Waals surface area contributed by atoms with Crippen LogP contribution >= 0.6 is 23.2 Å². The number of hydrogen-bond donors (Lipinski definition) is 1. The van der Waals surface area contributed by atoms with Gasteiger partial charge in [-0.15, -0.1) is 0 Å². The van der Waals surface area contributed by atoms with Gasteiger partial charge in [-0.25, -0.2) is 8.78 Å². The molecule has 2 aromatic carbocycles. The van der Waals surface area contributed by atoms with Gasteiger partial charge in [0.1, 0.15) is 0 Å². The Kier molecular flexibility index (Phi) is 4.40. The summed E-state index contributed by atoms with van der Waals surface area (Å²) in [6, 6.07) is 8.38. The van der Waals surface area contributed by atoms with Gasteiger partial charge < -0.3 is 5.73 Å². The molecule has 5 heteroatoms. The molecule has 2 N–H and O–H groups in total. The van der Waals surface area contributed by atoms with Crippen LogP contribution in [-0.2, 0) is 6.42 Å². The van der Waals surface area contributed by atoms with Crippen molar-refractivity contribution in [2.45, 2.75) is 12.5 Å². The van der Waals surface area contributed by atoms with Gasteiger partial charge in [0.15, 0.2) is 11.6 Å². The number of halogens is 4. The van der Waals surface area contributed by atoms with E-state index in [1.807, 2.05) is 0 Å². The fourth-order valence-corrected chi connectivity index (χ4v) is 2.20. The minimum Gasteiger partial charge on any atom is -0.324 e. The van der Waals surface area contributed by atoms with Gasteiger partial charge in [0.05, 0.1) is 10.0 Å². The van der Waals surface area contributed by atoms with Crippen LogP contribution in [0.15, 0.2) is 36.4 Å². The molecule has 0 heterocycles. The Morgan fingerprint density at radius 3 is 2.47 bits per heavy atom. The fraction of sp³-hybridized carbons (Fsp3) is 0.143. The predicted molar refractivity (Wildman–Crippen MR) is 73.5 cm³/mol. The van der Waals surface area contributed by atoms with E-state index in [9.17, 15) is 8.78 Å². The number of hydrogen-bond acceptors (Lipinski definition) is 1. The Balaban J connectivity index is 2.23. The molecular formula is C14H11Cl2F2N. The Morgan fingerprint density at radius 1 is 1.05 bits per heavy atom. The zero-order chi connectivity index (χ0) is 14.0. The lowest BCUT2D eigenvalue weighted by atomic mass is 9.99. The van der Waals surface area contributed by atoms with Crippen molar-refractivity contribution in [3.8, 4) is 0 Å². The van der Waals surface area contributed by atoms with Crippen molar-refractivity contribution >= 4 is 23.2 Å². The van der Waals surface area contributed by atoms with E-state index in [1.165, 1.54) is 6.07 Å². The number of nitrogens with two attached hydrogens (primary N) is 1. The van der Waals surface area contributed by atoms with E-state index in [1.54, 1.807) is 18.2 Å². The highest BCUT2D eigenvalue weighted by atomic mass is 35.5. The van der Waals surface area contributed by atoms with E-state index in [0.717, 1.165) is 17.7 Å². The number of rotatable bonds is 3. The highest BCUT2D eigenvalue weighted by Gasteiger charge is 2.13. The Morgan fingerprint density at radius 2 is 1.79 bits per heavy atom. The molecule has 0 aliphatic rings. The van der Waals surface area contributed by atoms with Crippen molar-refractivity contribution in [1.29, 1.82) is 0 Å². The normalized spacial score (nSPS) is 12.5. The SMILES string of the molecule is NC(Cc1cccc(Cl)c1Cl)c1ccc(F)c(F)c1. The van der Waals surface area contributed by atoms with Crippen molar-refractivity contribution in [2.75, 3.05) is 0 Å². The van der Waals surface area contributed by atoms with Gasteiger partial charge in [-0.2, -0.15) is 0 Å². The highest BCUT2D eigenvalue weighted by molar-refractivity contribution is 6.42. The molecular weight excluding hydrogens is 291 g/mol. The lowest BCUT2D eigenvalue weighted by Gasteiger charge is -2.14. The summed E-state index contributed by atoms with van der Waals surface area (Å²) in [7, 11) is 0. The van der Waals surface area contributed by atoms with Gasteiger partial charge in [-0.3, -0.25) is 0 Å². The van der Waals surface area contributed by atoms with E-state index in [4.69, 9.17) is 28.9 Å². The zero-order valence-electron chi connectivity index (χ0n) is 9.84. The van der Waals surface area contributed by atoms with Crippen LogP contribution < -0.4 is 5.73 Å². The summed E-state index contributed by atoms with van der Waals surface area (Å²) in [6.45, 7) is 0. The fourth-order valence-electron chi connectivity index (χ4n) is 1.80. The zero-order valence-corrected chi connectivity index (χ0v) is 11.3. The van der Waals surface area contributed by atoms with Crippen molar-refractivity contribution in [2.24, 2.45) is 5.73 Å². The van der Waals surface area contributed by atoms with Crippen LogP contribution in [0.1, 0.15) is 17.2 Å². The monoisotopic (exact) mass is 301 g/mol. The maximum Gasteiger partial charge on any atom is 0.159 e. The van der Waals surface area contributed by atoms with Crippen LogP contribution in [0.4, 0.5) is 8.78 Å². The first-order chi connectivity index (χ1) is 8.99. The van der Waals surface area contributed by atoms with E-state index in [-0.39, 0.29) is 0 Å². The summed E-state index contributed by atoms with van der Waals surface area (Å²) in [5, 5.41) is 0.874. The van der Waals surface area contributed by atoms with Crippen molar-refractivity contribution < 1.29 is 8.78 Å². The van der Waals surface area contributed by atoms with Crippen molar-refractivity contribution in [3.63, 3.8) is 0 Å². The molecule has 0 bridgehead atoms. The lowest BCUT2D eigenvalue weighted by Crippen LogP contribution is -2.14. The van der Waals surface area contributed by atoms with Crippen molar-refractivity contribution in [1.82, 2.24) is 0 Å². The van der Waals surface area contributed by atoms with Gasteiger partial charge in [0.25, 0.3) is 0 Å². The van der Waals surface area contributed by atoms with E-state index in [0.29, 0.717) is 22.0 Å². The second kappa shape index (κ2) is 5.87. The van der Waals surface area contributed by atoms with Crippen LogP contribution in [0, 0.1) is 11.6 Å². The van der Waals surface area contributed by atoms with Gasteiger partial charge in [-0.05, 0) is 35.7 Å². The summed E-state index contributed by atoms with van der Waals surface area (Å²) in [4.78, 5) is 0. The summed E-state index contributed by atoms with van der Waals surface area (Å²) < 4.78 is 26.0. The largest absolute Gasteiger partial charge is 0.324 e. The second-order valence-electron chi connectivity index (χ2n) is 4.20. The molecule has 0 spiro atoms. The van der Waals surface area contributed by atoms with Gasteiger partial charge in [0.2, 0.25) is 0 Å². The molecule has 0 saturated carbocycles. The summed E-state index contributed by atoms with van der Waals surface area (Å²) in [6.07, 6.45) is 0.393. The summed E-state index contributed by atoms with van der Waals surface area (Å²) in [5.41, 5.74) is 7.25. The molecule has 2 rings (SSSR count). The molecule has 0 aliphatic heterocycles. The molecule has 0 aliphatic carbocycles. The molecule has 1 unspecified atom stereocenters. The van der Waals surface area contributed by atoms with Crippen LogP contribution in [0.2, 0.25) is 10.0 Å². The maximum absolute atomic E-state index is 13.1. The van der Waals surface area contributed by atoms with E-state index >= 15 is 0 Å². The minimum absolute atomic E-state index is 0.393. The average Bonchev–Trinajstić information content (AvgIpc) is 2.38. The first-order valence-corrected chi connectivity index (χ1v) is 6.38. The molecule has 19 heavy (non-hydrogen) atoms. The molecule has 1 atom stereocenters. The average molecular weight is 302 g/mol. The first-order valence-electron chi connectivity index (χ1n) is 5.62. The van der Waals surface area contributed by atoms with Crippen LogP contribution in [0.3, 0.4) is 0 Å². The van der Waals surface area contributed by atoms with Gasteiger partial charge in [0, 0.05) is 6.04 Å². The van der Waals surface area contributed by atoms with Crippen LogP contribution in [-0.4, -0.2) is 0 Å². The molecule has 1 nitrogen and oxygen atoms in total. The molecule has 0 saturated heterocycles. The number of benzene rings is 2. The quantitative estimate of drug-likeness (QED) is 0.886. The topological polar surface area (TPSA) is 26.0 Å².